The van der Waals surface area contributed by atoms with Crippen molar-refractivity contribution in [3.8, 4) is 0 Å². The minimum absolute atomic E-state index is 0.657. The molecule has 0 aliphatic rings. The smallest absolute Gasteiger partial charge is 0.132 e. The van der Waals surface area contributed by atoms with Crippen LogP contribution in [0.5, 0.6) is 0 Å². The van der Waals surface area contributed by atoms with Crippen LogP contribution >= 0.6 is 11.6 Å². The van der Waals surface area contributed by atoms with Gasteiger partial charge in [0.25, 0.3) is 0 Å². The van der Waals surface area contributed by atoms with Crippen LogP contribution in [0.15, 0.2) is 0 Å². The van der Waals surface area contributed by atoms with Crippen LogP contribution < -0.4 is 0 Å². The van der Waals surface area contributed by atoms with E-state index in [2.05, 4.69) is 15.0 Å². The Morgan fingerprint density at radius 1 is 1.08 bits per heavy atom. The van der Waals surface area contributed by atoms with Crippen LogP contribution in [0.1, 0.15) is 23.9 Å². The van der Waals surface area contributed by atoms with Crippen LogP contribution in [0.4, 0.5) is 0 Å². The van der Waals surface area contributed by atoms with E-state index >= 15 is 0 Å². The summed E-state index contributed by atoms with van der Waals surface area (Å²) in [5.41, 5.74) is 0. The van der Waals surface area contributed by atoms with Crippen molar-refractivity contribution in [1.82, 2.24) is 15.0 Å². The molecule has 0 unspecified atom stereocenters. The number of aryl methyl sites for hydroxylation is 3. The molecule has 0 aliphatic heterocycles. The quantitative estimate of drug-likeness (QED) is 0.673. The Labute approximate surface area is 77.2 Å². The standard InChI is InChI=1S/C8H12ClN3/c1-6-10-7(2)12-8(11-6)4-3-5-9/h3-5H2,1-2H3. The summed E-state index contributed by atoms with van der Waals surface area (Å²) in [6.45, 7) is 3.75. The molecule has 1 aromatic rings. The summed E-state index contributed by atoms with van der Waals surface area (Å²) in [5, 5.41) is 0. The molecule has 1 heterocycles. The van der Waals surface area contributed by atoms with E-state index in [-0.39, 0.29) is 0 Å². The summed E-state index contributed by atoms with van der Waals surface area (Å²) < 4.78 is 0. The molecule has 3 nitrogen and oxygen atoms in total. The van der Waals surface area contributed by atoms with Gasteiger partial charge in [-0.05, 0) is 20.3 Å². The first-order valence-electron chi connectivity index (χ1n) is 3.96. The van der Waals surface area contributed by atoms with E-state index in [0.29, 0.717) is 5.88 Å². The first kappa shape index (κ1) is 9.39. The molecule has 0 spiro atoms. The second-order valence-corrected chi connectivity index (χ2v) is 3.02. The van der Waals surface area contributed by atoms with Crippen molar-refractivity contribution in [2.24, 2.45) is 0 Å². The fraction of sp³-hybridized carbons (Fsp3) is 0.625. The highest BCUT2D eigenvalue weighted by Gasteiger charge is 1.99. The molecule has 1 rings (SSSR count). The summed E-state index contributed by atoms with van der Waals surface area (Å²) in [4.78, 5) is 12.5. The fourth-order valence-corrected chi connectivity index (χ4v) is 1.15. The molecule has 1 aromatic heterocycles. The van der Waals surface area contributed by atoms with Gasteiger partial charge < -0.3 is 0 Å². The molecule has 0 amide bonds. The maximum absolute atomic E-state index is 5.56. The van der Waals surface area contributed by atoms with E-state index in [9.17, 15) is 0 Å². The number of hydrogen-bond acceptors (Lipinski definition) is 3. The Morgan fingerprint density at radius 2 is 1.67 bits per heavy atom. The average Bonchev–Trinajstić information content (AvgIpc) is 1.99. The van der Waals surface area contributed by atoms with Crippen molar-refractivity contribution in [3.63, 3.8) is 0 Å². The predicted molar refractivity (Wildman–Crippen MR) is 48.3 cm³/mol. The third-order valence-corrected chi connectivity index (χ3v) is 1.71. The van der Waals surface area contributed by atoms with Crippen LogP contribution in [-0.4, -0.2) is 20.8 Å². The highest BCUT2D eigenvalue weighted by atomic mass is 35.5. The number of alkyl halides is 1. The first-order valence-corrected chi connectivity index (χ1v) is 4.50. The minimum atomic E-state index is 0.657. The van der Waals surface area contributed by atoms with Gasteiger partial charge in [-0.15, -0.1) is 11.6 Å². The molecule has 0 aliphatic carbocycles. The van der Waals surface area contributed by atoms with Gasteiger partial charge >= 0.3 is 0 Å². The summed E-state index contributed by atoms with van der Waals surface area (Å²) in [6.07, 6.45) is 1.76. The second kappa shape index (κ2) is 4.36. The predicted octanol–water partition coefficient (Wildman–Crippen LogP) is 1.66. The number of aromatic nitrogens is 3. The maximum atomic E-state index is 5.56. The SMILES string of the molecule is Cc1nc(C)nc(CCCCl)n1. The third-order valence-electron chi connectivity index (χ3n) is 1.44. The molecule has 0 atom stereocenters. The summed E-state index contributed by atoms with van der Waals surface area (Å²) in [6, 6.07) is 0. The van der Waals surface area contributed by atoms with Crippen LogP contribution in [-0.2, 0) is 6.42 Å². The van der Waals surface area contributed by atoms with Crippen molar-refractivity contribution in [1.29, 1.82) is 0 Å². The van der Waals surface area contributed by atoms with Crippen molar-refractivity contribution in [2.45, 2.75) is 26.7 Å². The Bertz CT molecular complexity index is 242. The molecule has 0 radical (unpaired) electrons. The van der Waals surface area contributed by atoms with E-state index in [1.165, 1.54) is 0 Å². The van der Waals surface area contributed by atoms with Crippen LogP contribution in [0.3, 0.4) is 0 Å². The Balaban J connectivity index is 2.72. The van der Waals surface area contributed by atoms with E-state index in [1.54, 1.807) is 0 Å². The summed E-state index contributed by atoms with van der Waals surface area (Å²) in [7, 11) is 0. The van der Waals surface area contributed by atoms with Gasteiger partial charge in [-0.25, -0.2) is 15.0 Å². The Morgan fingerprint density at radius 3 is 2.17 bits per heavy atom. The maximum Gasteiger partial charge on any atom is 0.132 e. The highest BCUT2D eigenvalue weighted by molar-refractivity contribution is 6.17. The average molecular weight is 186 g/mol. The first-order chi connectivity index (χ1) is 5.72. The molecule has 0 aromatic carbocycles. The molecular weight excluding hydrogens is 174 g/mol. The normalized spacial score (nSPS) is 10.2. The summed E-state index contributed by atoms with van der Waals surface area (Å²) >= 11 is 5.56. The molecule has 0 saturated carbocycles. The van der Waals surface area contributed by atoms with Gasteiger partial charge in [0, 0.05) is 12.3 Å². The lowest BCUT2D eigenvalue weighted by Gasteiger charge is -1.99. The number of halogens is 1. The van der Waals surface area contributed by atoms with Crippen molar-refractivity contribution in [2.75, 3.05) is 5.88 Å². The van der Waals surface area contributed by atoms with E-state index in [0.717, 1.165) is 30.3 Å². The van der Waals surface area contributed by atoms with E-state index in [1.807, 2.05) is 13.8 Å². The lowest BCUT2D eigenvalue weighted by atomic mass is 10.3. The largest absolute Gasteiger partial charge is 0.219 e. The molecular formula is C8H12ClN3. The van der Waals surface area contributed by atoms with Gasteiger partial charge in [-0.2, -0.15) is 0 Å². The van der Waals surface area contributed by atoms with Gasteiger partial charge in [0.2, 0.25) is 0 Å². The Hall–Kier alpha value is -0.700. The molecule has 0 bridgehead atoms. The topological polar surface area (TPSA) is 38.7 Å². The van der Waals surface area contributed by atoms with Gasteiger partial charge in [-0.1, -0.05) is 0 Å². The lowest BCUT2D eigenvalue weighted by molar-refractivity contribution is 0.782. The van der Waals surface area contributed by atoms with Crippen LogP contribution in [0.2, 0.25) is 0 Å². The van der Waals surface area contributed by atoms with Gasteiger partial charge in [-0.3, -0.25) is 0 Å². The molecule has 12 heavy (non-hydrogen) atoms. The molecule has 0 fully saturated rings. The van der Waals surface area contributed by atoms with Crippen molar-refractivity contribution >= 4 is 11.6 Å². The third kappa shape index (κ3) is 2.74. The van der Waals surface area contributed by atoms with E-state index in [4.69, 9.17) is 11.6 Å². The summed E-state index contributed by atoms with van der Waals surface area (Å²) in [5.74, 6) is 3.07. The van der Waals surface area contributed by atoms with Gasteiger partial charge in [0.05, 0.1) is 0 Å². The van der Waals surface area contributed by atoms with Crippen molar-refractivity contribution in [3.05, 3.63) is 17.5 Å². The monoisotopic (exact) mass is 185 g/mol. The zero-order valence-electron chi connectivity index (χ0n) is 7.34. The number of hydrogen-bond donors (Lipinski definition) is 0. The van der Waals surface area contributed by atoms with Gasteiger partial charge in [0.15, 0.2) is 0 Å². The number of nitrogens with zero attached hydrogens (tertiary/aromatic N) is 3. The number of rotatable bonds is 3. The van der Waals surface area contributed by atoms with Crippen LogP contribution in [0, 0.1) is 13.8 Å². The molecule has 0 saturated heterocycles. The minimum Gasteiger partial charge on any atom is -0.219 e. The molecule has 66 valence electrons. The second-order valence-electron chi connectivity index (χ2n) is 2.64. The zero-order chi connectivity index (χ0) is 8.97. The van der Waals surface area contributed by atoms with Gasteiger partial charge in [0.1, 0.15) is 17.5 Å². The molecule has 0 N–H and O–H groups in total. The van der Waals surface area contributed by atoms with Crippen LogP contribution in [0.25, 0.3) is 0 Å². The van der Waals surface area contributed by atoms with E-state index < -0.39 is 0 Å². The lowest BCUT2D eigenvalue weighted by Crippen LogP contribution is -2.02. The molecule has 4 heteroatoms. The zero-order valence-corrected chi connectivity index (χ0v) is 8.10. The van der Waals surface area contributed by atoms with Crippen molar-refractivity contribution < 1.29 is 0 Å². The fourth-order valence-electron chi connectivity index (χ4n) is 1.02. The highest BCUT2D eigenvalue weighted by Crippen LogP contribution is 1.98. The Kier molecular flexibility index (Phi) is 3.41.